The van der Waals surface area contributed by atoms with Gasteiger partial charge in [-0.2, -0.15) is 0 Å². The molecule has 1 fully saturated rings. The van der Waals surface area contributed by atoms with Crippen molar-refractivity contribution >= 4 is 11.6 Å². The van der Waals surface area contributed by atoms with Gasteiger partial charge in [-0.05, 0) is 18.9 Å². The van der Waals surface area contributed by atoms with Gasteiger partial charge >= 0.3 is 0 Å². The molecule has 0 amide bonds. The van der Waals surface area contributed by atoms with Gasteiger partial charge in [-0.25, -0.2) is 4.39 Å². The van der Waals surface area contributed by atoms with E-state index in [1.54, 1.807) is 12.1 Å². The minimum Gasteiger partial charge on any atom is -0.372 e. The molecule has 0 bridgehead atoms. The Morgan fingerprint density at radius 3 is 3.00 bits per heavy atom. The van der Waals surface area contributed by atoms with Crippen LogP contribution in [0.1, 0.15) is 24.5 Å². The lowest BCUT2D eigenvalue weighted by Crippen LogP contribution is -2.34. The van der Waals surface area contributed by atoms with Crippen LogP contribution in [-0.4, -0.2) is 12.6 Å². The van der Waals surface area contributed by atoms with Crippen molar-refractivity contribution in [3.05, 3.63) is 34.6 Å². The molecule has 2 nitrogen and oxygen atoms in total. The van der Waals surface area contributed by atoms with E-state index in [1.165, 1.54) is 6.07 Å². The second-order valence-electron chi connectivity index (χ2n) is 3.74. The van der Waals surface area contributed by atoms with E-state index in [1.807, 2.05) is 0 Å². The standard InChI is InChI=1S/C11H13ClFNO/c12-8-4-1-3-7(10(8)13)11-9(14)5-2-6-15-11/h1,3-4,9,11H,2,5-6,14H2. The molecule has 4 heteroatoms. The van der Waals surface area contributed by atoms with Crippen LogP contribution in [0, 0.1) is 5.82 Å². The Kier molecular flexibility index (Phi) is 3.24. The number of rotatable bonds is 1. The summed E-state index contributed by atoms with van der Waals surface area (Å²) in [7, 11) is 0. The van der Waals surface area contributed by atoms with Gasteiger partial charge in [-0.15, -0.1) is 0 Å². The quantitative estimate of drug-likeness (QED) is 0.804. The molecule has 2 atom stereocenters. The SMILES string of the molecule is NC1CCCOC1c1cccc(Cl)c1F. The summed E-state index contributed by atoms with van der Waals surface area (Å²) in [6, 6.07) is 4.77. The molecule has 15 heavy (non-hydrogen) atoms. The molecule has 2 N–H and O–H groups in total. The van der Waals surface area contributed by atoms with Gasteiger partial charge < -0.3 is 10.5 Å². The molecule has 1 aromatic carbocycles. The molecule has 0 radical (unpaired) electrons. The average molecular weight is 230 g/mol. The predicted octanol–water partition coefficient (Wildman–Crippen LogP) is 2.66. The molecular formula is C11H13ClFNO. The Morgan fingerprint density at radius 2 is 2.27 bits per heavy atom. The first-order chi connectivity index (χ1) is 7.20. The Bertz CT molecular complexity index is 358. The van der Waals surface area contributed by atoms with Gasteiger partial charge in [0.05, 0.1) is 5.02 Å². The number of ether oxygens (including phenoxy) is 1. The Labute approximate surface area is 93.2 Å². The number of hydrogen-bond donors (Lipinski definition) is 1. The molecule has 0 aromatic heterocycles. The monoisotopic (exact) mass is 229 g/mol. The van der Waals surface area contributed by atoms with E-state index in [4.69, 9.17) is 22.1 Å². The van der Waals surface area contributed by atoms with E-state index in [9.17, 15) is 4.39 Å². The van der Waals surface area contributed by atoms with E-state index in [2.05, 4.69) is 0 Å². The molecule has 0 saturated carbocycles. The van der Waals surface area contributed by atoms with Crippen LogP contribution in [0.5, 0.6) is 0 Å². The van der Waals surface area contributed by atoms with Crippen molar-refractivity contribution in [2.45, 2.75) is 25.0 Å². The van der Waals surface area contributed by atoms with Gasteiger partial charge in [-0.3, -0.25) is 0 Å². The van der Waals surface area contributed by atoms with Crippen molar-refractivity contribution in [3.8, 4) is 0 Å². The van der Waals surface area contributed by atoms with Crippen molar-refractivity contribution in [1.29, 1.82) is 0 Å². The van der Waals surface area contributed by atoms with Crippen LogP contribution >= 0.6 is 11.6 Å². The molecule has 1 aromatic rings. The largest absolute Gasteiger partial charge is 0.372 e. The number of nitrogens with two attached hydrogens (primary N) is 1. The van der Waals surface area contributed by atoms with Gasteiger partial charge in [0.1, 0.15) is 11.9 Å². The first-order valence-electron chi connectivity index (χ1n) is 5.01. The molecule has 1 aliphatic rings. The molecule has 1 saturated heterocycles. The number of halogens is 2. The highest BCUT2D eigenvalue weighted by Gasteiger charge is 2.27. The van der Waals surface area contributed by atoms with E-state index < -0.39 is 5.82 Å². The van der Waals surface area contributed by atoms with Gasteiger partial charge in [0.2, 0.25) is 0 Å². The van der Waals surface area contributed by atoms with Crippen molar-refractivity contribution < 1.29 is 9.13 Å². The van der Waals surface area contributed by atoms with Gasteiger partial charge in [-0.1, -0.05) is 23.7 Å². The zero-order chi connectivity index (χ0) is 10.8. The van der Waals surface area contributed by atoms with Crippen LogP contribution in [0.3, 0.4) is 0 Å². The summed E-state index contributed by atoms with van der Waals surface area (Å²) in [5.74, 6) is -0.415. The highest BCUT2D eigenvalue weighted by atomic mass is 35.5. The second-order valence-corrected chi connectivity index (χ2v) is 4.15. The zero-order valence-corrected chi connectivity index (χ0v) is 9.01. The van der Waals surface area contributed by atoms with Crippen LogP contribution in [0.25, 0.3) is 0 Å². The highest BCUT2D eigenvalue weighted by Crippen LogP contribution is 2.31. The minimum atomic E-state index is -0.415. The lowest BCUT2D eigenvalue weighted by atomic mass is 9.96. The molecule has 1 aliphatic heterocycles. The fraction of sp³-hybridized carbons (Fsp3) is 0.455. The fourth-order valence-electron chi connectivity index (χ4n) is 1.86. The van der Waals surface area contributed by atoms with E-state index in [-0.39, 0.29) is 17.2 Å². The third-order valence-corrected chi connectivity index (χ3v) is 2.95. The number of hydrogen-bond acceptors (Lipinski definition) is 2. The smallest absolute Gasteiger partial charge is 0.147 e. The summed E-state index contributed by atoms with van der Waals surface area (Å²) in [4.78, 5) is 0. The molecule has 0 aliphatic carbocycles. The lowest BCUT2D eigenvalue weighted by molar-refractivity contribution is -0.00187. The Balaban J connectivity index is 2.31. The summed E-state index contributed by atoms with van der Waals surface area (Å²) in [6.45, 7) is 0.629. The van der Waals surface area contributed by atoms with E-state index in [0.29, 0.717) is 12.2 Å². The molecule has 2 unspecified atom stereocenters. The minimum absolute atomic E-state index is 0.119. The summed E-state index contributed by atoms with van der Waals surface area (Å²) in [5, 5.41) is 0.119. The Morgan fingerprint density at radius 1 is 1.47 bits per heavy atom. The normalized spacial score (nSPS) is 26.6. The molecule has 82 valence electrons. The zero-order valence-electron chi connectivity index (χ0n) is 8.25. The lowest BCUT2D eigenvalue weighted by Gasteiger charge is -2.29. The molecular weight excluding hydrogens is 217 g/mol. The number of benzene rings is 1. The van der Waals surface area contributed by atoms with Crippen LogP contribution in [0.2, 0.25) is 5.02 Å². The first-order valence-corrected chi connectivity index (χ1v) is 5.39. The van der Waals surface area contributed by atoms with Crippen LogP contribution in [0.15, 0.2) is 18.2 Å². The highest BCUT2D eigenvalue weighted by molar-refractivity contribution is 6.30. The fourth-order valence-corrected chi connectivity index (χ4v) is 2.05. The summed E-state index contributed by atoms with van der Waals surface area (Å²) in [5.41, 5.74) is 6.36. The van der Waals surface area contributed by atoms with Crippen LogP contribution < -0.4 is 5.73 Å². The average Bonchev–Trinajstić information content (AvgIpc) is 2.23. The molecule has 1 heterocycles. The first kappa shape index (κ1) is 10.9. The molecule has 2 rings (SSSR count). The maximum atomic E-state index is 13.7. The van der Waals surface area contributed by atoms with E-state index in [0.717, 1.165) is 12.8 Å². The van der Waals surface area contributed by atoms with Crippen molar-refractivity contribution in [3.63, 3.8) is 0 Å². The summed E-state index contributed by atoms with van der Waals surface area (Å²) >= 11 is 5.71. The second kappa shape index (κ2) is 4.47. The summed E-state index contributed by atoms with van der Waals surface area (Å²) < 4.78 is 19.2. The van der Waals surface area contributed by atoms with Crippen molar-refractivity contribution in [1.82, 2.24) is 0 Å². The Hall–Kier alpha value is -0.640. The third kappa shape index (κ3) is 2.14. The molecule has 0 spiro atoms. The van der Waals surface area contributed by atoms with Crippen LogP contribution in [-0.2, 0) is 4.74 Å². The maximum absolute atomic E-state index is 13.7. The van der Waals surface area contributed by atoms with Gasteiger partial charge in [0, 0.05) is 18.2 Å². The van der Waals surface area contributed by atoms with Gasteiger partial charge in [0.25, 0.3) is 0 Å². The van der Waals surface area contributed by atoms with Crippen molar-refractivity contribution in [2.75, 3.05) is 6.61 Å². The topological polar surface area (TPSA) is 35.2 Å². The maximum Gasteiger partial charge on any atom is 0.147 e. The van der Waals surface area contributed by atoms with Crippen molar-refractivity contribution in [2.24, 2.45) is 5.73 Å². The summed E-state index contributed by atoms with van der Waals surface area (Å²) in [6.07, 6.45) is 1.42. The predicted molar refractivity (Wildman–Crippen MR) is 57.3 cm³/mol. The van der Waals surface area contributed by atoms with Crippen LogP contribution in [0.4, 0.5) is 4.39 Å². The van der Waals surface area contributed by atoms with Gasteiger partial charge in [0.15, 0.2) is 0 Å². The van der Waals surface area contributed by atoms with E-state index >= 15 is 0 Å². The third-order valence-electron chi connectivity index (χ3n) is 2.66.